The van der Waals surface area contributed by atoms with Gasteiger partial charge in [0.15, 0.2) is 0 Å². The quantitative estimate of drug-likeness (QED) is 0.0911. The Morgan fingerprint density at radius 1 is 0.613 bits per heavy atom. The van der Waals surface area contributed by atoms with Crippen LogP contribution in [0.15, 0.2) is 28.5 Å². The van der Waals surface area contributed by atoms with Crippen molar-refractivity contribution in [1.82, 2.24) is 0 Å². The molecule has 0 aromatic carbocycles. The molecule has 0 atom stereocenters. The number of unbranched alkanes of at least 4 members (excludes halogenated alkanes) is 4. The highest BCUT2D eigenvalue weighted by atomic mass is 28.3. The first-order valence-electron chi connectivity index (χ1n) is 13.6. The molecule has 31 heavy (non-hydrogen) atoms. The van der Waals surface area contributed by atoms with Gasteiger partial charge in [-0.2, -0.15) is 0 Å². The Hall–Kier alpha value is -0.416. The molecule has 0 aliphatic heterocycles. The van der Waals surface area contributed by atoms with Crippen molar-refractivity contribution in [3.05, 3.63) is 23.6 Å². The van der Waals surface area contributed by atoms with Gasteiger partial charge in [0.2, 0.25) is 0 Å². The average molecular weight is 464 g/mol. The van der Waals surface area contributed by atoms with Gasteiger partial charge in [-0.3, -0.25) is 4.99 Å². The van der Waals surface area contributed by atoms with Crippen molar-refractivity contribution in [3.8, 4) is 0 Å². The van der Waals surface area contributed by atoms with Crippen LogP contribution in [0.4, 0.5) is 0 Å². The summed E-state index contributed by atoms with van der Waals surface area (Å²) < 4.78 is 0. The minimum atomic E-state index is -1.29. The first-order chi connectivity index (χ1) is 14.8. The monoisotopic (exact) mass is 463 g/mol. The zero-order chi connectivity index (χ0) is 23.6. The van der Waals surface area contributed by atoms with Gasteiger partial charge in [-0.15, -0.1) is 13.2 Å². The topological polar surface area (TPSA) is 12.4 Å². The molecule has 3 heteroatoms. The van der Waals surface area contributed by atoms with E-state index in [-0.39, 0.29) is 0 Å². The third-order valence-electron chi connectivity index (χ3n) is 7.55. The lowest BCUT2D eigenvalue weighted by molar-refractivity contribution is 0.634. The molecule has 0 aromatic rings. The Balaban J connectivity index is 4.13. The number of allylic oxidation sites excluding steroid dienone is 2. The molecule has 0 saturated carbocycles. The summed E-state index contributed by atoms with van der Waals surface area (Å²) in [6.45, 7) is 23.8. The smallest absolute Gasteiger partial charge is 0.0807 e. The van der Waals surface area contributed by atoms with Crippen LogP contribution >= 0.6 is 0 Å². The van der Waals surface area contributed by atoms with E-state index in [1.807, 2.05) is 0 Å². The summed E-state index contributed by atoms with van der Waals surface area (Å²) in [6, 6.07) is 8.57. The Morgan fingerprint density at radius 2 is 1.03 bits per heavy atom. The normalized spacial score (nSPS) is 12.6. The second-order valence-electron chi connectivity index (χ2n) is 10.3. The van der Waals surface area contributed by atoms with Crippen LogP contribution in [0.1, 0.15) is 106 Å². The predicted octanol–water partition coefficient (Wildman–Crippen LogP) is 10.2. The zero-order valence-corrected chi connectivity index (χ0v) is 24.5. The van der Waals surface area contributed by atoms with Gasteiger partial charge in [-0.05, 0) is 38.9 Å². The van der Waals surface area contributed by atoms with Gasteiger partial charge >= 0.3 is 0 Å². The first kappa shape index (κ1) is 30.6. The van der Waals surface area contributed by atoms with Crippen LogP contribution in [-0.4, -0.2) is 28.9 Å². The molecule has 0 radical (unpaired) electrons. The van der Waals surface area contributed by atoms with Crippen LogP contribution in [0.2, 0.25) is 36.3 Å². The largest absolute Gasteiger partial charge is 0.298 e. The molecule has 0 N–H and O–H groups in total. The summed E-state index contributed by atoms with van der Waals surface area (Å²) in [4.78, 5) is 4.75. The Morgan fingerprint density at radius 3 is 1.48 bits per heavy atom. The summed E-state index contributed by atoms with van der Waals surface area (Å²) in [6.07, 6.45) is 15.5. The SMILES string of the molecule is C=C(C)[Si](CCC)(CCC)CCC=NCCCCCCC[Si](CCC)(CCC)C(=C)C. The lowest BCUT2D eigenvalue weighted by Gasteiger charge is -2.32. The maximum atomic E-state index is 4.75. The molecule has 1 nitrogen and oxygen atoms in total. The third-order valence-corrected chi connectivity index (χ3v) is 19.6. The van der Waals surface area contributed by atoms with Crippen molar-refractivity contribution < 1.29 is 0 Å². The minimum Gasteiger partial charge on any atom is -0.298 e. The molecule has 0 aliphatic carbocycles. The molecule has 0 heterocycles. The van der Waals surface area contributed by atoms with Crippen LogP contribution in [0.5, 0.6) is 0 Å². The summed E-state index contributed by atoms with van der Waals surface area (Å²) in [5, 5.41) is 3.07. The van der Waals surface area contributed by atoms with E-state index in [1.165, 1.54) is 106 Å². The molecule has 0 bridgehead atoms. The van der Waals surface area contributed by atoms with Crippen LogP contribution in [0, 0.1) is 0 Å². The highest BCUT2D eigenvalue weighted by Crippen LogP contribution is 2.33. The van der Waals surface area contributed by atoms with Gasteiger partial charge in [0.1, 0.15) is 0 Å². The lowest BCUT2D eigenvalue weighted by atomic mass is 10.1. The minimum absolute atomic E-state index is 1.03. The maximum absolute atomic E-state index is 4.75. The van der Waals surface area contributed by atoms with Crippen molar-refractivity contribution in [2.75, 3.05) is 6.54 Å². The lowest BCUT2D eigenvalue weighted by Crippen LogP contribution is -2.35. The number of hydrogen-bond donors (Lipinski definition) is 0. The fourth-order valence-electron chi connectivity index (χ4n) is 5.66. The number of nitrogens with zero attached hydrogens (tertiary/aromatic N) is 1. The Bertz CT molecular complexity index is 497. The molecule has 0 fully saturated rings. The maximum Gasteiger partial charge on any atom is 0.0807 e. The second-order valence-corrected chi connectivity index (χ2v) is 20.1. The molecule has 0 spiro atoms. The number of hydrogen-bond acceptors (Lipinski definition) is 1. The van der Waals surface area contributed by atoms with Crippen LogP contribution in [-0.2, 0) is 0 Å². The van der Waals surface area contributed by atoms with Gasteiger partial charge in [0.05, 0.1) is 16.1 Å². The highest BCUT2D eigenvalue weighted by Gasteiger charge is 2.31. The van der Waals surface area contributed by atoms with Crippen molar-refractivity contribution in [1.29, 1.82) is 0 Å². The van der Waals surface area contributed by atoms with E-state index < -0.39 is 16.1 Å². The van der Waals surface area contributed by atoms with Gasteiger partial charge in [-0.1, -0.05) is 120 Å². The first-order valence-corrected chi connectivity index (χ1v) is 18.9. The van der Waals surface area contributed by atoms with Crippen LogP contribution in [0.3, 0.4) is 0 Å². The summed E-state index contributed by atoms with van der Waals surface area (Å²) in [5.74, 6) is 0. The average Bonchev–Trinajstić information content (AvgIpc) is 2.72. The molecule has 0 unspecified atom stereocenters. The van der Waals surface area contributed by atoms with E-state index in [2.05, 4.69) is 60.9 Å². The predicted molar refractivity (Wildman–Crippen MR) is 152 cm³/mol. The van der Waals surface area contributed by atoms with Gasteiger partial charge in [-0.25, -0.2) is 0 Å². The standard InChI is InChI=1S/C28H57NSi2/c1-9-21-30(22-10-2,27(5)6)25-17-15-13-14-16-19-29-20-18-26-31(23-11-3,24-12-4)28(7)8/h20H,5,7,9-19,21-26H2,1-4,6,8H3. The second kappa shape index (κ2) is 18.1. The fourth-order valence-corrected chi connectivity index (χ4v) is 15.2. The Labute approximate surface area is 199 Å². The summed E-state index contributed by atoms with van der Waals surface area (Å²) >= 11 is 0. The van der Waals surface area contributed by atoms with E-state index in [4.69, 9.17) is 4.99 Å². The Kier molecular flexibility index (Phi) is 17.8. The molecule has 0 saturated heterocycles. The van der Waals surface area contributed by atoms with E-state index in [1.54, 1.807) is 5.20 Å². The summed E-state index contributed by atoms with van der Waals surface area (Å²) in [7, 11) is -2.51. The van der Waals surface area contributed by atoms with Crippen molar-refractivity contribution >= 4 is 22.4 Å². The number of aliphatic imine (C=N–C) groups is 1. The van der Waals surface area contributed by atoms with E-state index >= 15 is 0 Å². The van der Waals surface area contributed by atoms with E-state index in [9.17, 15) is 0 Å². The van der Waals surface area contributed by atoms with E-state index in [0.717, 1.165) is 6.54 Å². The molecule has 0 rings (SSSR count). The third kappa shape index (κ3) is 11.8. The van der Waals surface area contributed by atoms with Gasteiger partial charge < -0.3 is 0 Å². The molecule has 0 aliphatic rings. The zero-order valence-electron chi connectivity index (χ0n) is 22.5. The summed E-state index contributed by atoms with van der Waals surface area (Å²) in [5.41, 5.74) is 0. The highest BCUT2D eigenvalue weighted by molar-refractivity contribution is 6.86. The molecule has 182 valence electrons. The van der Waals surface area contributed by atoms with Crippen LogP contribution < -0.4 is 0 Å². The van der Waals surface area contributed by atoms with Crippen molar-refractivity contribution in [2.45, 2.75) is 142 Å². The number of rotatable bonds is 21. The van der Waals surface area contributed by atoms with Crippen LogP contribution in [0.25, 0.3) is 0 Å². The molecular formula is C28H57NSi2. The molecule has 0 aromatic heterocycles. The van der Waals surface area contributed by atoms with Gasteiger partial charge in [0, 0.05) is 6.54 Å². The van der Waals surface area contributed by atoms with Crippen molar-refractivity contribution in [2.24, 2.45) is 4.99 Å². The van der Waals surface area contributed by atoms with E-state index in [0.29, 0.717) is 0 Å². The molecule has 0 amide bonds. The fraction of sp³-hybridized carbons (Fsp3) is 0.821. The van der Waals surface area contributed by atoms with Gasteiger partial charge in [0.25, 0.3) is 0 Å². The van der Waals surface area contributed by atoms with Crippen molar-refractivity contribution in [3.63, 3.8) is 0 Å². The molecular weight excluding hydrogens is 406 g/mol.